The Kier molecular flexibility index (Phi) is 4.16. The molecule has 0 aliphatic carbocycles. The third-order valence-electron chi connectivity index (χ3n) is 2.84. The second-order valence-corrected chi connectivity index (χ2v) is 4.15. The van der Waals surface area contributed by atoms with Crippen molar-refractivity contribution in [3.63, 3.8) is 0 Å². The van der Waals surface area contributed by atoms with Crippen LogP contribution in [0.4, 0.5) is 0 Å². The third-order valence-corrected chi connectivity index (χ3v) is 2.84. The van der Waals surface area contributed by atoms with E-state index in [4.69, 9.17) is 4.74 Å². The molecule has 0 saturated carbocycles. The van der Waals surface area contributed by atoms with Gasteiger partial charge in [-0.2, -0.15) is 0 Å². The summed E-state index contributed by atoms with van der Waals surface area (Å²) in [4.78, 5) is 4.93. The summed E-state index contributed by atoms with van der Waals surface area (Å²) in [5.74, 6) is 0. The number of rotatable bonds is 3. The van der Waals surface area contributed by atoms with Gasteiger partial charge >= 0.3 is 0 Å². The number of likely N-dealkylation sites (N-methyl/N-ethyl adjacent to an activating group) is 1. The lowest BCUT2D eigenvalue weighted by Crippen LogP contribution is -2.56. The molecule has 1 saturated heterocycles. The van der Waals surface area contributed by atoms with Gasteiger partial charge in [0.1, 0.15) is 0 Å². The third kappa shape index (κ3) is 2.93. The summed E-state index contributed by atoms with van der Waals surface area (Å²) in [6, 6.07) is 1.31. The first-order valence-electron chi connectivity index (χ1n) is 5.08. The zero-order valence-electron chi connectivity index (χ0n) is 9.29. The highest BCUT2D eigenvalue weighted by Gasteiger charge is 2.26. The van der Waals surface area contributed by atoms with E-state index in [1.54, 1.807) is 7.11 Å². The molecule has 0 aromatic rings. The van der Waals surface area contributed by atoms with Crippen LogP contribution in [0.2, 0.25) is 0 Å². The van der Waals surface area contributed by atoms with Crippen molar-refractivity contribution < 1.29 is 4.74 Å². The summed E-state index contributed by atoms with van der Waals surface area (Å²) >= 11 is 0. The van der Waals surface area contributed by atoms with Crippen molar-refractivity contribution in [2.45, 2.75) is 25.9 Å². The van der Waals surface area contributed by atoms with E-state index in [0.717, 1.165) is 13.2 Å². The number of hydrogen-bond donors (Lipinski definition) is 0. The van der Waals surface area contributed by atoms with Gasteiger partial charge in [0.2, 0.25) is 0 Å². The van der Waals surface area contributed by atoms with E-state index in [2.05, 4.69) is 30.7 Å². The Morgan fingerprint density at radius 1 is 1.23 bits per heavy atom. The number of piperazine rings is 1. The van der Waals surface area contributed by atoms with E-state index < -0.39 is 0 Å². The van der Waals surface area contributed by atoms with Gasteiger partial charge in [-0.25, -0.2) is 0 Å². The maximum Gasteiger partial charge on any atom is 0.0589 e. The first-order valence-corrected chi connectivity index (χ1v) is 5.08. The fraction of sp³-hybridized carbons (Fsp3) is 1.00. The lowest BCUT2D eigenvalue weighted by atomic mass is 10.1. The van der Waals surface area contributed by atoms with Gasteiger partial charge in [-0.05, 0) is 20.9 Å². The zero-order valence-corrected chi connectivity index (χ0v) is 9.29. The fourth-order valence-electron chi connectivity index (χ4n) is 2.26. The molecule has 3 nitrogen and oxygen atoms in total. The van der Waals surface area contributed by atoms with E-state index in [9.17, 15) is 0 Å². The normalized spacial score (nSPS) is 32.3. The number of ether oxygens (including phenoxy) is 1. The molecule has 0 aromatic carbocycles. The van der Waals surface area contributed by atoms with E-state index in [0.29, 0.717) is 12.1 Å². The Labute approximate surface area is 81.7 Å². The van der Waals surface area contributed by atoms with Crippen molar-refractivity contribution in [3.8, 4) is 0 Å². The van der Waals surface area contributed by atoms with Crippen molar-refractivity contribution in [3.05, 3.63) is 0 Å². The Morgan fingerprint density at radius 3 is 2.23 bits per heavy atom. The molecule has 1 fully saturated rings. The Morgan fingerprint density at radius 2 is 1.77 bits per heavy atom. The van der Waals surface area contributed by atoms with Crippen molar-refractivity contribution in [1.29, 1.82) is 0 Å². The lowest BCUT2D eigenvalue weighted by molar-refractivity contribution is 0.0313. The highest BCUT2D eigenvalue weighted by Crippen LogP contribution is 2.13. The van der Waals surface area contributed by atoms with E-state index >= 15 is 0 Å². The zero-order chi connectivity index (χ0) is 9.84. The lowest BCUT2D eigenvalue weighted by Gasteiger charge is -2.43. The van der Waals surface area contributed by atoms with Crippen LogP contribution < -0.4 is 0 Å². The van der Waals surface area contributed by atoms with E-state index in [-0.39, 0.29) is 0 Å². The van der Waals surface area contributed by atoms with Crippen LogP contribution in [0.5, 0.6) is 0 Å². The average Bonchev–Trinajstić information content (AvgIpc) is 2.02. The minimum atomic E-state index is 0.656. The SMILES string of the molecule is COCCN1[C@H](C)CN(C)C[C@@H]1C. The first kappa shape index (κ1) is 11.0. The predicted octanol–water partition coefficient (Wildman–Crippen LogP) is 0.657. The van der Waals surface area contributed by atoms with Gasteiger partial charge in [0.25, 0.3) is 0 Å². The topological polar surface area (TPSA) is 15.7 Å². The summed E-state index contributed by atoms with van der Waals surface area (Å²) < 4.78 is 5.11. The molecular weight excluding hydrogens is 164 g/mol. The summed E-state index contributed by atoms with van der Waals surface area (Å²) in [5.41, 5.74) is 0. The summed E-state index contributed by atoms with van der Waals surface area (Å²) in [6.45, 7) is 8.84. The molecule has 1 rings (SSSR count). The molecule has 0 radical (unpaired) electrons. The maximum absolute atomic E-state index is 5.11. The van der Waals surface area contributed by atoms with Gasteiger partial charge in [0.05, 0.1) is 6.61 Å². The largest absolute Gasteiger partial charge is 0.383 e. The molecule has 13 heavy (non-hydrogen) atoms. The highest BCUT2D eigenvalue weighted by atomic mass is 16.5. The Balaban J connectivity index is 2.41. The predicted molar refractivity (Wildman–Crippen MR) is 55.0 cm³/mol. The van der Waals surface area contributed by atoms with Crippen LogP contribution >= 0.6 is 0 Å². The molecule has 0 N–H and O–H groups in total. The molecule has 1 aliphatic rings. The first-order chi connectivity index (χ1) is 6.15. The fourth-order valence-corrected chi connectivity index (χ4v) is 2.26. The Hall–Kier alpha value is -0.120. The number of nitrogens with zero attached hydrogens (tertiary/aromatic N) is 2. The smallest absolute Gasteiger partial charge is 0.0589 e. The maximum atomic E-state index is 5.11. The van der Waals surface area contributed by atoms with E-state index in [1.807, 2.05) is 0 Å². The molecule has 3 heteroatoms. The molecule has 0 spiro atoms. The highest BCUT2D eigenvalue weighted by molar-refractivity contribution is 4.83. The van der Waals surface area contributed by atoms with Crippen LogP contribution in [0.15, 0.2) is 0 Å². The molecule has 0 aromatic heterocycles. The van der Waals surface area contributed by atoms with Gasteiger partial charge in [-0.15, -0.1) is 0 Å². The Bertz CT molecular complexity index is 140. The van der Waals surface area contributed by atoms with Gasteiger partial charge in [0.15, 0.2) is 0 Å². The van der Waals surface area contributed by atoms with Crippen LogP contribution in [0.1, 0.15) is 13.8 Å². The molecule has 78 valence electrons. The van der Waals surface area contributed by atoms with Crippen LogP contribution in [-0.2, 0) is 4.74 Å². The monoisotopic (exact) mass is 186 g/mol. The van der Waals surface area contributed by atoms with Crippen LogP contribution in [0.25, 0.3) is 0 Å². The standard InChI is InChI=1S/C10H22N2O/c1-9-7-11(3)8-10(2)12(9)5-6-13-4/h9-10H,5-8H2,1-4H3/t9-,10+. The molecule has 0 bridgehead atoms. The van der Waals surface area contributed by atoms with Crippen molar-refractivity contribution in [2.24, 2.45) is 0 Å². The van der Waals surface area contributed by atoms with E-state index in [1.165, 1.54) is 13.1 Å². The molecule has 0 unspecified atom stereocenters. The molecular formula is C10H22N2O. The minimum absolute atomic E-state index is 0.656. The molecule has 1 heterocycles. The van der Waals surface area contributed by atoms with Gasteiger partial charge in [-0.3, -0.25) is 4.90 Å². The van der Waals surface area contributed by atoms with Crippen LogP contribution in [0.3, 0.4) is 0 Å². The molecule has 1 aliphatic heterocycles. The van der Waals surface area contributed by atoms with Gasteiger partial charge in [-0.1, -0.05) is 0 Å². The second kappa shape index (κ2) is 4.94. The van der Waals surface area contributed by atoms with Crippen molar-refractivity contribution in [2.75, 3.05) is 40.4 Å². The quantitative estimate of drug-likeness (QED) is 0.644. The summed E-state index contributed by atoms with van der Waals surface area (Å²) in [5, 5.41) is 0. The minimum Gasteiger partial charge on any atom is -0.383 e. The second-order valence-electron chi connectivity index (χ2n) is 4.15. The molecule has 2 atom stereocenters. The number of hydrogen-bond acceptors (Lipinski definition) is 3. The van der Waals surface area contributed by atoms with Gasteiger partial charge in [0, 0.05) is 38.8 Å². The number of methoxy groups -OCH3 is 1. The van der Waals surface area contributed by atoms with Gasteiger partial charge < -0.3 is 9.64 Å². The van der Waals surface area contributed by atoms with Crippen molar-refractivity contribution >= 4 is 0 Å². The summed E-state index contributed by atoms with van der Waals surface area (Å²) in [6.07, 6.45) is 0. The summed E-state index contributed by atoms with van der Waals surface area (Å²) in [7, 11) is 3.96. The van der Waals surface area contributed by atoms with Crippen LogP contribution in [-0.4, -0.2) is 62.3 Å². The van der Waals surface area contributed by atoms with Crippen LogP contribution in [0, 0.1) is 0 Å². The van der Waals surface area contributed by atoms with Crippen molar-refractivity contribution in [1.82, 2.24) is 9.80 Å². The molecule has 0 amide bonds. The average molecular weight is 186 g/mol.